The Morgan fingerprint density at radius 1 is 1.12 bits per heavy atom. The van der Waals surface area contributed by atoms with Crippen LogP contribution in [0.3, 0.4) is 0 Å². The molecule has 0 bridgehead atoms. The van der Waals surface area contributed by atoms with Gasteiger partial charge in [0.1, 0.15) is 11.5 Å². The standard InChI is InChI=1S/C19H22N2O3/c1-23-15-9-13(10-16(11-15)24-2)19(22)21-18-5-3-4-12-8-14(20)6-7-17(12)18/h6-11,18H,3-5,20H2,1-2H3,(H,21,22). The van der Waals surface area contributed by atoms with Crippen molar-refractivity contribution in [1.82, 2.24) is 5.32 Å². The van der Waals surface area contributed by atoms with Crippen LogP contribution in [0.15, 0.2) is 36.4 Å². The van der Waals surface area contributed by atoms with Gasteiger partial charge in [-0.2, -0.15) is 0 Å². The molecule has 0 saturated heterocycles. The third-order valence-electron chi connectivity index (χ3n) is 4.40. The Bertz CT molecular complexity index is 736. The van der Waals surface area contributed by atoms with Crippen LogP contribution in [0.25, 0.3) is 0 Å². The SMILES string of the molecule is COc1cc(OC)cc(C(=O)NC2CCCc3cc(N)ccc32)c1. The summed E-state index contributed by atoms with van der Waals surface area (Å²) >= 11 is 0. The molecule has 2 aromatic carbocycles. The number of ether oxygens (including phenoxy) is 2. The maximum Gasteiger partial charge on any atom is 0.252 e. The van der Waals surface area contributed by atoms with Gasteiger partial charge in [0.15, 0.2) is 0 Å². The van der Waals surface area contributed by atoms with Crippen molar-refractivity contribution in [1.29, 1.82) is 0 Å². The number of fused-ring (bicyclic) bond motifs is 1. The van der Waals surface area contributed by atoms with E-state index in [1.54, 1.807) is 32.4 Å². The molecule has 0 spiro atoms. The molecular weight excluding hydrogens is 304 g/mol. The van der Waals surface area contributed by atoms with Crippen molar-refractivity contribution in [3.05, 3.63) is 53.1 Å². The number of carbonyl (C=O) groups excluding carboxylic acids is 1. The number of hydrogen-bond acceptors (Lipinski definition) is 4. The highest BCUT2D eigenvalue weighted by Gasteiger charge is 2.22. The molecule has 5 nitrogen and oxygen atoms in total. The van der Waals surface area contributed by atoms with E-state index in [1.165, 1.54) is 5.56 Å². The summed E-state index contributed by atoms with van der Waals surface area (Å²) in [5, 5.41) is 3.12. The van der Waals surface area contributed by atoms with Crippen molar-refractivity contribution in [2.75, 3.05) is 20.0 Å². The number of methoxy groups -OCH3 is 2. The average molecular weight is 326 g/mol. The lowest BCUT2D eigenvalue weighted by Gasteiger charge is -2.26. The monoisotopic (exact) mass is 326 g/mol. The fourth-order valence-corrected chi connectivity index (χ4v) is 3.16. The first-order valence-corrected chi connectivity index (χ1v) is 8.03. The number of nitrogens with two attached hydrogens (primary N) is 1. The van der Waals surface area contributed by atoms with Crippen LogP contribution < -0.4 is 20.5 Å². The number of anilines is 1. The van der Waals surface area contributed by atoms with Crippen LogP contribution in [0, 0.1) is 0 Å². The first-order valence-electron chi connectivity index (χ1n) is 8.03. The van der Waals surface area contributed by atoms with Crippen LogP contribution in [-0.2, 0) is 6.42 Å². The number of nitrogen functional groups attached to an aromatic ring is 1. The summed E-state index contributed by atoms with van der Waals surface area (Å²) in [6.07, 6.45) is 2.95. The Morgan fingerprint density at radius 2 is 1.83 bits per heavy atom. The predicted molar refractivity (Wildman–Crippen MR) is 93.5 cm³/mol. The smallest absolute Gasteiger partial charge is 0.252 e. The highest BCUT2D eigenvalue weighted by molar-refractivity contribution is 5.95. The van der Waals surface area contributed by atoms with Gasteiger partial charge in [-0.1, -0.05) is 6.07 Å². The lowest BCUT2D eigenvalue weighted by molar-refractivity contribution is 0.0932. The molecule has 0 heterocycles. The molecule has 0 fully saturated rings. The second kappa shape index (κ2) is 6.83. The van der Waals surface area contributed by atoms with Gasteiger partial charge in [-0.25, -0.2) is 0 Å². The first-order chi connectivity index (χ1) is 11.6. The minimum absolute atomic E-state index is 0.000883. The molecule has 0 saturated carbocycles. The first kappa shape index (κ1) is 16.2. The molecule has 126 valence electrons. The Hall–Kier alpha value is -2.69. The second-order valence-electron chi connectivity index (χ2n) is 5.98. The summed E-state index contributed by atoms with van der Waals surface area (Å²) in [6, 6.07) is 11.1. The van der Waals surface area contributed by atoms with Gasteiger partial charge in [0.2, 0.25) is 0 Å². The minimum Gasteiger partial charge on any atom is -0.497 e. The van der Waals surface area contributed by atoms with Crippen LogP contribution in [0.5, 0.6) is 11.5 Å². The van der Waals surface area contributed by atoms with Gasteiger partial charge in [0, 0.05) is 17.3 Å². The molecule has 0 aliphatic heterocycles. The summed E-state index contributed by atoms with van der Waals surface area (Å²) in [4.78, 5) is 12.7. The summed E-state index contributed by atoms with van der Waals surface area (Å²) in [5.41, 5.74) is 9.52. The zero-order valence-corrected chi connectivity index (χ0v) is 14.0. The van der Waals surface area contributed by atoms with Gasteiger partial charge in [0.25, 0.3) is 5.91 Å². The molecule has 1 aliphatic carbocycles. The largest absolute Gasteiger partial charge is 0.497 e. The Balaban J connectivity index is 1.84. The molecule has 1 atom stereocenters. The van der Waals surface area contributed by atoms with Crippen molar-refractivity contribution in [3.8, 4) is 11.5 Å². The number of benzene rings is 2. The van der Waals surface area contributed by atoms with Crippen molar-refractivity contribution in [3.63, 3.8) is 0 Å². The van der Waals surface area contributed by atoms with Crippen LogP contribution in [0.2, 0.25) is 0 Å². The molecule has 24 heavy (non-hydrogen) atoms. The van der Waals surface area contributed by atoms with E-state index in [4.69, 9.17) is 15.2 Å². The van der Waals surface area contributed by atoms with Gasteiger partial charge in [-0.3, -0.25) is 4.79 Å². The average Bonchev–Trinajstić information content (AvgIpc) is 2.61. The van der Waals surface area contributed by atoms with Gasteiger partial charge < -0.3 is 20.5 Å². The normalized spacial score (nSPS) is 16.2. The summed E-state index contributed by atoms with van der Waals surface area (Å²) < 4.78 is 10.5. The third-order valence-corrected chi connectivity index (χ3v) is 4.40. The number of rotatable bonds is 4. The quantitative estimate of drug-likeness (QED) is 0.847. The maximum absolute atomic E-state index is 12.7. The Kier molecular flexibility index (Phi) is 4.60. The number of nitrogens with one attached hydrogen (secondary N) is 1. The Labute approximate surface area is 141 Å². The van der Waals surface area contributed by atoms with E-state index in [-0.39, 0.29) is 11.9 Å². The maximum atomic E-state index is 12.7. The molecule has 0 radical (unpaired) electrons. The molecule has 5 heteroatoms. The molecular formula is C19H22N2O3. The van der Waals surface area contributed by atoms with Crippen LogP contribution in [0.1, 0.15) is 40.4 Å². The fraction of sp³-hybridized carbons (Fsp3) is 0.316. The summed E-state index contributed by atoms with van der Waals surface area (Å²) in [5.74, 6) is 1.05. The van der Waals surface area contributed by atoms with Crippen LogP contribution in [-0.4, -0.2) is 20.1 Å². The zero-order valence-electron chi connectivity index (χ0n) is 14.0. The number of carbonyl (C=O) groups is 1. The van der Waals surface area contributed by atoms with E-state index < -0.39 is 0 Å². The van der Waals surface area contributed by atoms with E-state index in [1.807, 2.05) is 18.2 Å². The van der Waals surface area contributed by atoms with Gasteiger partial charge in [0.05, 0.1) is 20.3 Å². The number of amides is 1. The van der Waals surface area contributed by atoms with Crippen molar-refractivity contribution in [2.45, 2.75) is 25.3 Å². The summed E-state index contributed by atoms with van der Waals surface area (Å²) in [7, 11) is 3.14. The molecule has 1 aliphatic rings. The van der Waals surface area contributed by atoms with Crippen LogP contribution in [0.4, 0.5) is 5.69 Å². The number of hydrogen-bond donors (Lipinski definition) is 2. The molecule has 3 N–H and O–H groups in total. The molecule has 3 rings (SSSR count). The molecule has 0 aromatic heterocycles. The molecule has 1 unspecified atom stereocenters. The van der Waals surface area contributed by atoms with E-state index in [2.05, 4.69) is 5.32 Å². The Morgan fingerprint density at radius 3 is 2.50 bits per heavy atom. The number of aryl methyl sites for hydroxylation is 1. The van der Waals surface area contributed by atoms with E-state index in [9.17, 15) is 4.79 Å². The molecule has 1 amide bonds. The van der Waals surface area contributed by atoms with Crippen molar-refractivity contribution >= 4 is 11.6 Å². The highest BCUT2D eigenvalue weighted by Crippen LogP contribution is 2.31. The zero-order chi connectivity index (χ0) is 17.1. The van der Waals surface area contributed by atoms with Crippen LogP contribution >= 0.6 is 0 Å². The highest BCUT2D eigenvalue weighted by atomic mass is 16.5. The lowest BCUT2D eigenvalue weighted by atomic mass is 9.87. The summed E-state index contributed by atoms with van der Waals surface area (Å²) in [6.45, 7) is 0. The van der Waals surface area contributed by atoms with E-state index in [0.717, 1.165) is 30.5 Å². The van der Waals surface area contributed by atoms with Gasteiger partial charge in [-0.05, 0) is 54.7 Å². The van der Waals surface area contributed by atoms with E-state index in [0.29, 0.717) is 17.1 Å². The minimum atomic E-state index is -0.137. The fourth-order valence-electron chi connectivity index (χ4n) is 3.16. The predicted octanol–water partition coefficient (Wildman–Crippen LogP) is 3.09. The van der Waals surface area contributed by atoms with E-state index >= 15 is 0 Å². The second-order valence-corrected chi connectivity index (χ2v) is 5.98. The van der Waals surface area contributed by atoms with Crippen molar-refractivity contribution in [2.24, 2.45) is 0 Å². The topological polar surface area (TPSA) is 73.6 Å². The lowest BCUT2D eigenvalue weighted by Crippen LogP contribution is -2.31. The van der Waals surface area contributed by atoms with Gasteiger partial charge >= 0.3 is 0 Å². The molecule has 2 aromatic rings. The van der Waals surface area contributed by atoms with Gasteiger partial charge in [-0.15, -0.1) is 0 Å². The van der Waals surface area contributed by atoms with Crippen molar-refractivity contribution < 1.29 is 14.3 Å². The third kappa shape index (κ3) is 3.30.